The molecule has 0 spiro atoms. The Hall–Kier alpha value is -1.35. The minimum atomic E-state index is -0.453. The number of benzene rings is 1. The summed E-state index contributed by atoms with van der Waals surface area (Å²) in [4.78, 5) is 4.66. The zero-order chi connectivity index (χ0) is 13.9. The van der Waals surface area contributed by atoms with Crippen LogP contribution in [0.15, 0.2) is 24.3 Å². The van der Waals surface area contributed by atoms with Gasteiger partial charge in [0.2, 0.25) is 0 Å². The largest absolute Gasteiger partial charge is 0.385 e. The third-order valence-corrected chi connectivity index (χ3v) is 4.53. The number of rotatable bonds is 4. The summed E-state index contributed by atoms with van der Waals surface area (Å²) in [7, 11) is 0. The van der Waals surface area contributed by atoms with E-state index < -0.39 is 6.10 Å². The molecule has 0 bridgehead atoms. The molecular weight excluding hydrogens is 248 g/mol. The number of para-hydroxylation sites is 2. The Labute approximate surface area is 120 Å². The van der Waals surface area contributed by atoms with Crippen molar-refractivity contribution < 1.29 is 5.11 Å². The van der Waals surface area contributed by atoms with Crippen molar-refractivity contribution in [2.45, 2.75) is 58.1 Å². The Bertz CT molecular complexity index is 569. The van der Waals surface area contributed by atoms with Gasteiger partial charge in [0, 0.05) is 6.54 Å². The predicted octanol–water partition coefficient (Wildman–Crippen LogP) is 4.06. The Morgan fingerprint density at radius 3 is 2.75 bits per heavy atom. The van der Waals surface area contributed by atoms with E-state index in [1.165, 1.54) is 37.6 Å². The van der Waals surface area contributed by atoms with Gasteiger partial charge in [0.15, 0.2) is 0 Å². The molecule has 1 saturated carbocycles. The highest BCUT2D eigenvalue weighted by Crippen LogP contribution is 2.29. The number of hydrogen-bond acceptors (Lipinski definition) is 2. The second-order valence-corrected chi connectivity index (χ2v) is 6.00. The van der Waals surface area contributed by atoms with Crippen LogP contribution in [0.3, 0.4) is 0 Å². The molecule has 1 aromatic carbocycles. The minimum absolute atomic E-state index is 0.453. The van der Waals surface area contributed by atoms with Crippen LogP contribution in [0, 0.1) is 5.92 Å². The van der Waals surface area contributed by atoms with Gasteiger partial charge in [-0.05, 0) is 37.3 Å². The van der Waals surface area contributed by atoms with Crippen molar-refractivity contribution >= 4 is 11.0 Å². The number of fused-ring (bicyclic) bond motifs is 1. The molecular formula is C17H24N2O. The summed E-state index contributed by atoms with van der Waals surface area (Å²) in [6.45, 7) is 3.02. The Morgan fingerprint density at radius 1 is 1.25 bits per heavy atom. The SMILES string of the molecule is CC[C@H](O)c1nc2ccccc2n1CC1CCCCC1. The molecule has 1 N–H and O–H groups in total. The van der Waals surface area contributed by atoms with E-state index in [-0.39, 0.29) is 0 Å². The summed E-state index contributed by atoms with van der Waals surface area (Å²) >= 11 is 0. The molecule has 1 aliphatic carbocycles. The van der Waals surface area contributed by atoms with E-state index >= 15 is 0 Å². The number of aromatic nitrogens is 2. The lowest BCUT2D eigenvalue weighted by molar-refractivity contribution is 0.156. The highest BCUT2D eigenvalue weighted by molar-refractivity contribution is 5.76. The molecule has 20 heavy (non-hydrogen) atoms. The number of aliphatic hydroxyl groups excluding tert-OH is 1. The molecule has 1 atom stereocenters. The van der Waals surface area contributed by atoms with Crippen LogP contribution in [-0.2, 0) is 6.54 Å². The molecule has 3 heteroatoms. The van der Waals surface area contributed by atoms with E-state index in [2.05, 4.69) is 21.7 Å². The lowest BCUT2D eigenvalue weighted by Crippen LogP contribution is -2.17. The fraction of sp³-hybridized carbons (Fsp3) is 0.588. The molecule has 0 unspecified atom stereocenters. The molecule has 1 aliphatic rings. The van der Waals surface area contributed by atoms with Gasteiger partial charge >= 0.3 is 0 Å². The highest BCUT2D eigenvalue weighted by atomic mass is 16.3. The molecule has 0 radical (unpaired) electrons. The first-order valence-corrected chi connectivity index (χ1v) is 7.92. The normalized spacial score (nSPS) is 18.5. The van der Waals surface area contributed by atoms with Gasteiger partial charge in [-0.25, -0.2) is 4.98 Å². The summed E-state index contributed by atoms with van der Waals surface area (Å²) in [5, 5.41) is 10.3. The van der Waals surface area contributed by atoms with Gasteiger partial charge in [-0.15, -0.1) is 0 Å². The fourth-order valence-corrected chi connectivity index (χ4v) is 3.35. The van der Waals surface area contributed by atoms with Crippen LogP contribution in [0.5, 0.6) is 0 Å². The van der Waals surface area contributed by atoms with Crippen molar-refractivity contribution in [1.29, 1.82) is 0 Å². The Balaban J connectivity index is 1.97. The van der Waals surface area contributed by atoms with Crippen molar-refractivity contribution in [1.82, 2.24) is 9.55 Å². The van der Waals surface area contributed by atoms with Crippen molar-refractivity contribution in [3.05, 3.63) is 30.1 Å². The number of hydrogen-bond donors (Lipinski definition) is 1. The maximum atomic E-state index is 10.3. The third kappa shape index (κ3) is 2.59. The molecule has 108 valence electrons. The van der Waals surface area contributed by atoms with Crippen LogP contribution in [0.25, 0.3) is 11.0 Å². The zero-order valence-electron chi connectivity index (χ0n) is 12.3. The van der Waals surface area contributed by atoms with E-state index in [0.29, 0.717) is 6.42 Å². The van der Waals surface area contributed by atoms with E-state index in [1.807, 2.05) is 19.1 Å². The van der Waals surface area contributed by atoms with E-state index in [9.17, 15) is 5.11 Å². The summed E-state index contributed by atoms with van der Waals surface area (Å²) < 4.78 is 2.26. The number of aliphatic hydroxyl groups is 1. The first-order valence-electron chi connectivity index (χ1n) is 7.92. The van der Waals surface area contributed by atoms with Crippen molar-refractivity contribution in [3.63, 3.8) is 0 Å². The first kappa shape index (κ1) is 13.6. The van der Waals surface area contributed by atoms with Crippen LogP contribution in [-0.4, -0.2) is 14.7 Å². The Morgan fingerprint density at radius 2 is 2.00 bits per heavy atom. The zero-order valence-corrected chi connectivity index (χ0v) is 12.3. The van der Waals surface area contributed by atoms with Crippen LogP contribution in [0.2, 0.25) is 0 Å². The average Bonchev–Trinajstić information content (AvgIpc) is 2.86. The molecule has 1 aromatic heterocycles. The predicted molar refractivity (Wildman–Crippen MR) is 81.6 cm³/mol. The summed E-state index contributed by atoms with van der Waals surface area (Å²) in [6.07, 6.45) is 6.97. The van der Waals surface area contributed by atoms with Gasteiger partial charge in [0.1, 0.15) is 11.9 Å². The van der Waals surface area contributed by atoms with Crippen molar-refractivity contribution in [2.24, 2.45) is 5.92 Å². The smallest absolute Gasteiger partial charge is 0.138 e. The first-order chi connectivity index (χ1) is 9.79. The van der Waals surface area contributed by atoms with Crippen LogP contribution in [0.4, 0.5) is 0 Å². The van der Waals surface area contributed by atoms with Crippen LogP contribution >= 0.6 is 0 Å². The number of nitrogens with zero attached hydrogens (tertiary/aromatic N) is 2. The molecule has 0 amide bonds. The maximum absolute atomic E-state index is 10.3. The molecule has 0 aliphatic heterocycles. The molecule has 1 fully saturated rings. The van der Waals surface area contributed by atoms with Gasteiger partial charge in [0.05, 0.1) is 11.0 Å². The van der Waals surface area contributed by atoms with Crippen LogP contribution < -0.4 is 0 Å². The molecule has 1 heterocycles. The molecule has 3 nitrogen and oxygen atoms in total. The summed E-state index contributed by atoms with van der Waals surface area (Å²) in [5.41, 5.74) is 2.17. The second kappa shape index (κ2) is 5.96. The fourth-order valence-electron chi connectivity index (χ4n) is 3.35. The quantitative estimate of drug-likeness (QED) is 0.911. The molecule has 3 rings (SSSR count). The van der Waals surface area contributed by atoms with Gasteiger partial charge in [0.25, 0.3) is 0 Å². The van der Waals surface area contributed by atoms with Gasteiger partial charge in [-0.1, -0.05) is 38.3 Å². The molecule has 2 aromatic rings. The van der Waals surface area contributed by atoms with Gasteiger partial charge in [-0.3, -0.25) is 0 Å². The standard InChI is InChI=1S/C17H24N2O/c1-2-16(20)17-18-14-10-6-7-11-15(14)19(17)12-13-8-4-3-5-9-13/h6-7,10-11,13,16,20H,2-5,8-9,12H2,1H3/t16-/m0/s1. The molecule has 0 saturated heterocycles. The summed E-state index contributed by atoms with van der Waals surface area (Å²) in [6, 6.07) is 8.24. The van der Waals surface area contributed by atoms with Crippen molar-refractivity contribution in [3.8, 4) is 0 Å². The van der Waals surface area contributed by atoms with Gasteiger partial charge < -0.3 is 9.67 Å². The Kier molecular flexibility index (Phi) is 4.06. The third-order valence-electron chi connectivity index (χ3n) is 4.53. The van der Waals surface area contributed by atoms with E-state index in [1.54, 1.807) is 0 Å². The average molecular weight is 272 g/mol. The lowest BCUT2D eigenvalue weighted by atomic mass is 9.89. The van der Waals surface area contributed by atoms with Gasteiger partial charge in [-0.2, -0.15) is 0 Å². The number of imidazole rings is 1. The monoisotopic (exact) mass is 272 g/mol. The van der Waals surface area contributed by atoms with E-state index in [0.717, 1.165) is 23.8 Å². The topological polar surface area (TPSA) is 38.1 Å². The maximum Gasteiger partial charge on any atom is 0.138 e. The van der Waals surface area contributed by atoms with Crippen LogP contribution in [0.1, 0.15) is 57.4 Å². The highest BCUT2D eigenvalue weighted by Gasteiger charge is 2.20. The summed E-state index contributed by atoms with van der Waals surface area (Å²) in [5.74, 6) is 1.59. The van der Waals surface area contributed by atoms with Crippen molar-refractivity contribution in [2.75, 3.05) is 0 Å². The minimum Gasteiger partial charge on any atom is -0.385 e. The lowest BCUT2D eigenvalue weighted by Gasteiger charge is -2.24. The second-order valence-electron chi connectivity index (χ2n) is 6.00. The van der Waals surface area contributed by atoms with E-state index in [4.69, 9.17) is 0 Å².